The molecule has 15 atom stereocenters. The van der Waals surface area contributed by atoms with Crippen LogP contribution in [-0.4, -0.2) is 93.4 Å². The Morgan fingerprint density at radius 2 is 1.72 bits per heavy atom. The van der Waals surface area contributed by atoms with Crippen molar-refractivity contribution < 1.29 is 49.0 Å². The molecule has 4 saturated carbocycles. The zero-order valence-corrected chi connectivity index (χ0v) is 29.3. The first-order valence-corrected chi connectivity index (χ1v) is 17.9. The van der Waals surface area contributed by atoms with Crippen LogP contribution in [0.3, 0.4) is 0 Å². The number of ether oxygens (including phenoxy) is 4. The monoisotopic (exact) mass is 660 g/mol. The van der Waals surface area contributed by atoms with Crippen LogP contribution in [0.2, 0.25) is 0 Å². The maximum atomic E-state index is 14.2. The number of aliphatic hydroxyl groups excluding tert-OH is 4. The number of carbonyl (C=O) groups excluding carboxylic acids is 2. The molecule has 10 nitrogen and oxygen atoms in total. The Morgan fingerprint density at radius 1 is 1.04 bits per heavy atom. The SMILES string of the molecule is CC(=O)O[C@H](C[C@@H](C)[C@H]1C(=O)[C@H](O)[C@@]2(C)C3=CCC4C(C)(C)[C@@H](O[C@@H]5OC[C@@H](O)[C@H](O)[C@H]5O)CC[C@@]45C[C@@]35CC[C@]12C)[C@@H]1OC1(C)C. The van der Waals surface area contributed by atoms with Gasteiger partial charge in [0.05, 0.1) is 18.3 Å². The molecule has 5 aliphatic carbocycles. The quantitative estimate of drug-likeness (QED) is 0.181. The number of esters is 1. The Hall–Kier alpha value is -1.40. The highest BCUT2D eigenvalue weighted by Gasteiger charge is 2.82. The minimum absolute atomic E-state index is 0.0499. The molecule has 2 aliphatic heterocycles. The summed E-state index contributed by atoms with van der Waals surface area (Å²) >= 11 is 0. The highest BCUT2D eigenvalue weighted by atomic mass is 16.7. The smallest absolute Gasteiger partial charge is 0.302 e. The van der Waals surface area contributed by atoms with Crippen molar-refractivity contribution in [2.45, 2.75) is 155 Å². The largest absolute Gasteiger partial charge is 0.460 e. The third-order valence-corrected chi connectivity index (χ3v) is 15.0. The molecule has 2 spiro atoms. The summed E-state index contributed by atoms with van der Waals surface area (Å²) in [6, 6.07) is 0. The second-order valence-corrected chi connectivity index (χ2v) is 18.0. The molecule has 10 heteroatoms. The van der Waals surface area contributed by atoms with E-state index in [4.69, 9.17) is 18.9 Å². The second kappa shape index (κ2) is 10.6. The predicted molar refractivity (Wildman–Crippen MR) is 170 cm³/mol. The van der Waals surface area contributed by atoms with Gasteiger partial charge in [-0.3, -0.25) is 9.59 Å². The average molecular weight is 661 g/mol. The fraction of sp³-hybridized carbons (Fsp3) is 0.892. The Morgan fingerprint density at radius 3 is 2.36 bits per heavy atom. The highest BCUT2D eigenvalue weighted by Crippen LogP contribution is 2.87. The van der Waals surface area contributed by atoms with E-state index in [-0.39, 0.29) is 64.2 Å². The molecule has 6 fully saturated rings. The van der Waals surface area contributed by atoms with Gasteiger partial charge in [0, 0.05) is 18.3 Å². The van der Waals surface area contributed by atoms with Crippen LogP contribution in [0.4, 0.5) is 0 Å². The molecule has 0 bridgehead atoms. The number of carbonyl (C=O) groups is 2. The van der Waals surface area contributed by atoms with Crippen molar-refractivity contribution in [1.82, 2.24) is 0 Å². The number of Topliss-reactive ketones (excluding diaryl/α,β-unsaturated/α-hetero) is 1. The van der Waals surface area contributed by atoms with Crippen LogP contribution < -0.4 is 0 Å². The second-order valence-electron chi connectivity index (χ2n) is 18.0. The number of hydrogen-bond acceptors (Lipinski definition) is 10. The minimum atomic E-state index is -1.32. The maximum Gasteiger partial charge on any atom is 0.302 e. The molecular formula is C37H56O10. The Balaban J connectivity index is 1.15. The fourth-order valence-electron chi connectivity index (χ4n) is 12.4. The van der Waals surface area contributed by atoms with Crippen molar-refractivity contribution in [3.63, 3.8) is 0 Å². The number of allylic oxidation sites excluding steroid dienone is 1. The van der Waals surface area contributed by atoms with Gasteiger partial charge < -0.3 is 39.4 Å². The number of rotatable bonds is 7. The molecule has 2 saturated heterocycles. The van der Waals surface area contributed by atoms with Gasteiger partial charge in [-0.1, -0.05) is 46.3 Å². The molecule has 0 aromatic rings. The molecule has 0 aromatic heterocycles. The molecule has 47 heavy (non-hydrogen) atoms. The molecule has 7 rings (SSSR count). The molecule has 2 heterocycles. The molecule has 7 aliphatic rings. The van der Waals surface area contributed by atoms with Crippen molar-refractivity contribution in [2.24, 2.45) is 44.8 Å². The van der Waals surface area contributed by atoms with Crippen LogP contribution in [-0.2, 0) is 28.5 Å². The van der Waals surface area contributed by atoms with Gasteiger partial charge in [0.1, 0.15) is 36.6 Å². The first-order chi connectivity index (χ1) is 21.8. The van der Waals surface area contributed by atoms with Crippen LogP contribution in [0.25, 0.3) is 0 Å². The summed E-state index contributed by atoms with van der Waals surface area (Å²) in [7, 11) is 0. The van der Waals surface area contributed by atoms with Crippen molar-refractivity contribution in [2.75, 3.05) is 6.61 Å². The summed E-state index contributed by atoms with van der Waals surface area (Å²) < 4.78 is 23.7. The lowest BCUT2D eigenvalue weighted by Crippen LogP contribution is -2.58. The first-order valence-electron chi connectivity index (χ1n) is 17.9. The summed E-state index contributed by atoms with van der Waals surface area (Å²) in [4.78, 5) is 26.3. The van der Waals surface area contributed by atoms with E-state index < -0.39 is 47.6 Å². The van der Waals surface area contributed by atoms with Crippen LogP contribution in [0.1, 0.15) is 100 Å². The number of ketones is 1. The van der Waals surface area contributed by atoms with Crippen molar-refractivity contribution in [3.8, 4) is 0 Å². The van der Waals surface area contributed by atoms with Gasteiger partial charge in [-0.05, 0) is 92.3 Å². The van der Waals surface area contributed by atoms with Crippen LogP contribution in [0.15, 0.2) is 11.6 Å². The Kier molecular flexibility index (Phi) is 7.65. The maximum absolute atomic E-state index is 14.2. The number of fused-ring (bicyclic) bond motifs is 2. The Bertz CT molecular complexity index is 1360. The lowest BCUT2D eigenvalue weighted by atomic mass is 9.44. The lowest BCUT2D eigenvalue weighted by Gasteiger charge is -2.60. The van der Waals surface area contributed by atoms with E-state index in [2.05, 4.69) is 40.7 Å². The van der Waals surface area contributed by atoms with Gasteiger partial charge in [0.25, 0.3) is 0 Å². The van der Waals surface area contributed by atoms with E-state index in [1.165, 1.54) is 12.5 Å². The lowest BCUT2D eigenvalue weighted by molar-refractivity contribution is -0.300. The zero-order valence-electron chi connectivity index (χ0n) is 29.3. The van der Waals surface area contributed by atoms with Crippen molar-refractivity contribution in [3.05, 3.63) is 11.6 Å². The normalized spacial score (nSPS) is 51.8. The summed E-state index contributed by atoms with van der Waals surface area (Å²) in [6.07, 6.45) is 1.49. The van der Waals surface area contributed by atoms with Gasteiger partial charge in [0.15, 0.2) is 12.1 Å². The summed E-state index contributed by atoms with van der Waals surface area (Å²) in [5, 5.41) is 42.7. The van der Waals surface area contributed by atoms with Crippen LogP contribution in [0.5, 0.6) is 0 Å². The third-order valence-electron chi connectivity index (χ3n) is 15.0. The third kappa shape index (κ3) is 4.47. The molecule has 264 valence electrons. The topological polar surface area (TPSA) is 155 Å². The van der Waals surface area contributed by atoms with Crippen molar-refractivity contribution >= 4 is 11.8 Å². The van der Waals surface area contributed by atoms with E-state index >= 15 is 0 Å². The molecular weight excluding hydrogens is 604 g/mol. The standard InChI is InChI=1S/C37H56O10/c1-18(15-21(45-19(2)38)30-33(5,6)47-30)25-27(41)29(43)35(8)23-10-9-22-32(3,4)24(46-31-28(42)26(40)20(39)16-44-31)11-12-36(22)17-37(23,36)14-13-34(25,35)7/h10,18,20-22,24-26,28-31,39-40,42-43H,9,11-17H2,1-8H3/t18-,20-,21-,22?,24+,25+,26+,28-,29+,30+,31+,34-,35-,36-,37+/m1/s1. The average Bonchev–Trinajstić information content (AvgIpc) is 3.84. The van der Waals surface area contributed by atoms with E-state index in [1.54, 1.807) is 0 Å². The molecule has 0 radical (unpaired) electrons. The molecule has 0 amide bonds. The number of epoxide rings is 1. The van der Waals surface area contributed by atoms with Gasteiger partial charge >= 0.3 is 5.97 Å². The molecule has 0 aromatic carbocycles. The molecule has 1 unspecified atom stereocenters. The number of aliphatic hydroxyl groups is 4. The molecule has 4 N–H and O–H groups in total. The minimum Gasteiger partial charge on any atom is -0.460 e. The summed E-state index contributed by atoms with van der Waals surface area (Å²) in [5.41, 5.74) is -0.534. The summed E-state index contributed by atoms with van der Waals surface area (Å²) in [6.45, 7) is 16.2. The van der Waals surface area contributed by atoms with Gasteiger partial charge in [0.2, 0.25) is 0 Å². The summed E-state index contributed by atoms with van der Waals surface area (Å²) in [5.74, 6) is -0.632. The van der Waals surface area contributed by atoms with Crippen LogP contribution in [0, 0.1) is 44.8 Å². The highest BCUT2D eigenvalue weighted by molar-refractivity contribution is 5.91. The van der Waals surface area contributed by atoms with Gasteiger partial charge in [-0.2, -0.15) is 0 Å². The van der Waals surface area contributed by atoms with E-state index in [0.717, 1.165) is 38.5 Å². The predicted octanol–water partition coefficient (Wildman–Crippen LogP) is 3.45. The van der Waals surface area contributed by atoms with Gasteiger partial charge in [-0.15, -0.1) is 0 Å². The first kappa shape index (κ1) is 34.1. The van der Waals surface area contributed by atoms with E-state index in [1.807, 2.05) is 13.8 Å². The van der Waals surface area contributed by atoms with E-state index in [0.29, 0.717) is 12.3 Å². The number of hydrogen-bond donors (Lipinski definition) is 4. The zero-order chi connectivity index (χ0) is 34.3. The fourth-order valence-corrected chi connectivity index (χ4v) is 12.4. The van der Waals surface area contributed by atoms with Crippen LogP contribution >= 0.6 is 0 Å². The van der Waals surface area contributed by atoms with Gasteiger partial charge in [-0.25, -0.2) is 0 Å². The van der Waals surface area contributed by atoms with E-state index in [9.17, 15) is 30.0 Å². The van der Waals surface area contributed by atoms with Crippen molar-refractivity contribution in [1.29, 1.82) is 0 Å². The Labute approximate surface area is 278 Å².